The van der Waals surface area contributed by atoms with E-state index in [0.29, 0.717) is 0 Å². The molecule has 1 N–H and O–H groups in total. The van der Waals surface area contributed by atoms with Crippen molar-refractivity contribution in [1.29, 1.82) is 0 Å². The highest BCUT2D eigenvalue weighted by Gasteiger charge is 2.60. The fraction of sp³-hybridized carbons (Fsp3) is 0.381. The predicted octanol–water partition coefficient (Wildman–Crippen LogP) is 4.13. The van der Waals surface area contributed by atoms with Gasteiger partial charge in [-0.3, -0.25) is 4.79 Å². The Morgan fingerprint density at radius 2 is 1.57 bits per heavy atom. The molecule has 0 spiro atoms. The van der Waals surface area contributed by atoms with Crippen LogP contribution in [0.15, 0.2) is 48.5 Å². The molecule has 0 saturated heterocycles. The molecule has 1 aliphatic carbocycles. The largest absolute Gasteiger partial charge is 0.354 e. The van der Waals surface area contributed by atoms with Crippen molar-refractivity contribution in [2.24, 2.45) is 5.92 Å². The second-order valence-corrected chi connectivity index (χ2v) is 7.13. The molecule has 2 aromatic carbocycles. The predicted molar refractivity (Wildman–Crippen MR) is 94.5 cm³/mol. The van der Waals surface area contributed by atoms with Gasteiger partial charge in [0.05, 0.1) is 5.92 Å². The lowest BCUT2D eigenvalue weighted by molar-refractivity contribution is -0.123. The second-order valence-electron chi connectivity index (χ2n) is 7.13. The maximum absolute atomic E-state index is 12.6. The van der Waals surface area contributed by atoms with Crippen LogP contribution in [-0.4, -0.2) is 11.9 Å². The summed E-state index contributed by atoms with van der Waals surface area (Å²) in [7, 11) is 0. The molecule has 0 heterocycles. The van der Waals surface area contributed by atoms with Crippen LogP contribution in [0, 0.1) is 19.8 Å². The van der Waals surface area contributed by atoms with Crippen LogP contribution in [-0.2, 0) is 10.2 Å². The van der Waals surface area contributed by atoms with E-state index in [9.17, 15) is 4.79 Å². The van der Waals surface area contributed by atoms with E-state index < -0.39 is 0 Å². The smallest absolute Gasteiger partial charge is 0.224 e. The Balaban J connectivity index is 2.04. The highest BCUT2D eigenvalue weighted by molar-refractivity contribution is 5.86. The summed E-state index contributed by atoms with van der Waals surface area (Å²) in [6.07, 6.45) is 0.887. The number of rotatable bonds is 4. The zero-order chi connectivity index (χ0) is 16.6. The molecule has 1 unspecified atom stereocenters. The van der Waals surface area contributed by atoms with Gasteiger partial charge in [-0.1, -0.05) is 59.7 Å². The van der Waals surface area contributed by atoms with E-state index in [2.05, 4.69) is 67.7 Å². The molecule has 0 radical (unpaired) electrons. The molecule has 120 valence electrons. The summed E-state index contributed by atoms with van der Waals surface area (Å²) in [5.74, 6) is 0.191. The van der Waals surface area contributed by atoms with Crippen LogP contribution in [0.5, 0.6) is 0 Å². The summed E-state index contributed by atoms with van der Waals surface area (Å²) in [6.45, 7) is 8.25. The van der Waals surface area contributed by atoms with E-state index in [1.807, 2.05) is 13.8 Å². The first kappa shape index (κ1) is 15.8. The minimum atomic E-state index is -0.170. The molecule has 0 aromatic heterocycles. The SMILES string of the molecule is Cc1cccc(C2(c3cccc(C)c3)CC2C(=O)NC(C)C)c1. The summed E-state index contributed by atoms with van der Waals surface area (Å²) in [5.41, 5.74) is 4.82. The zero-order valence-electron chi connectivity index (χ0n) is 14.4. The Hall–Kier alpha value is -2.09. The average Bonchev–Trinajstić information content (AvgIpc) is 3.23. The second kappa shape index (κ2) is 5.84. The number of aryl methyl sites for hydroxylation is 2. The van der Waals surface area contributed by atoms with Gasteiger partial charge < -0.3 is 5.32 Å². The number of carbonyl (C=O) groups excluding carboxylic acids is 1. The van der Waals surface area contributed by atoms with Crippen LogP contribution in [0.1, 0.15) is 42.5 Å². The summed E-state index contributed by atoms with van der Waals surface area (Å²) in [4.78, 5) is 12.6. The molecule has 2 aromatic rings. The van der Waals surface area contributed by atoms with Gasteiger partial charge in [0.2, 0.25) is 5.91 Å². The van der Waals surface area contributed by atoms with Gasteiger partial charge in [0.25, 0.3) is 0 Å². The summed E-state index contributed by atoms with van der Waals surface area (Å²) in [5, 5.41) is 3.09. The summed E-state index contributed by atoms with van der Waals surface area (Å²) < 4.78 is 0. The van der Waals surface area contributed by atoms with Crippen molar-refractivity contribution in [3.63, 3.8) is 0 Å². The van der Waals surface area contributed by atoms with Crippen molar-refractivity contribution in [1.82, 2.24) is 5.32 Å². The van der Waals surface area contributed by atoms with E-state index in [-0.39, 0.29) is 23.3 Å². The van der Waals surface area contributed by atoms with Gasteiger partial charge in [-0.15, -0.1) is 0 Å². The Morgan fingerprint density at radius 3 is 2.00 bits per heavy atom. The number of benzene rings is 2. The molecule has 3 rings (SSSR count). The Labute approximate surface area is 138 Å². The highest BCUT2D eigenvalue weighted by Crippen LogP contribution is 2.59. The van der Waals surface area contributed by atoms with Crippen LogP contribution in [0.4, 0.5) is 0 Å². The normalized spacial score (nSPS) is 18.7. The zero-order valence-corrected chi connectivity index (χ0v) is 14.4. The molecule has 1 aliphatic rings. The van der Waals surface area contributed by atoms with Gasteiger partial charge in [0.15, 0.2) is 0 Å². The molecule has 2 heteroatoms. The third-order valence-electron chi connectivity index (χ3n) is 4.77. The third kappa shape index (κ3) is 2.90. The molecule has 1 atom stereocenters. The number of amides is 1. The van der Waals surface area contributed by atoms with Crippen LogP contribution in [0.3, 0.4) is 0 Å². The van der Waals surface area contributed by atoms with Gasteiger partial charge in [0.1, 0.15) is 0 Å². The maximum atomic E-state index is 12.6. The van der Waals surface area contributed by atoms with Crippen molar-refractivity contribution < 1.29 is 4.79 Å². The lowest BCUT2D eigenvalue weighted by Crippen LogP contribution is -2.34. The van der Waals surface area contributed by atoms with Gasteiger partial charge in [-0.05, 0) is 45.2 Å². The Kier molecular flexibility index (Phi) is 4.01. The van der Waals surface area contributed by atoms with Crippen LogP contribution in [0.25, 0.3) is 0 Å². The van der Waals surface area contributed by atoms with Crippen molar-refractivity contribution >= 4 is 5.91 Å². The Bertz CT molecular complexity index is 687. The number of nitrogens with one attached hydrogen (secondary N) is 1. The molecule has 0 bridgehead atoms. The standard InChI is InChI=1S/C21H25NO/c1-14(2)22-20(23)19-13-21(19,17-9-5-7-15(3)11-17)18-10-6-8-16(4)12-18/h5-12,14,19H,13H2,1-4H3,(H,22,23). The molecular weight excluding hydrogens is 282 g/mol. The van der Waals surface area contributed by atoms with Crippen LogP contribution < -0.4 is 5.32 Å². The molecule has 0 aliphatic heterocycles. The average molecular weight is 307 g/mol. The van der Waals surface area contributed by atoms with Gasteiger partial charge >= 0.3 is 0 Å². The number of hydrogen-bond donors (Lipinski definition) is 1. The first-order chi connectivity index (χ1) is 10.9. The summed E-state index contributed by atoms with van der Waals surface area (Å²) in [6, 6.07) is 17.4. The Morgan fingerprint density at radius 1 is 1.04 bits per heavy atom. The van der Waals surface area contributed by atoms with Crippen molar-refractivity contribution in [2.75, 3.05) is 0 Å². The van der Waals surface area contributed by atoms with E-state index in [1.54, 1.807) is 0 Å². The number of carbonyl (C=O) groups is 1. The molecular formula is C21H25NO. The van der Waals surface area contributed by atoms with Gasteiger partial charge in [-0.2, -0.15) is 0 Å². The van der Waals surface area contributed by atoms with Crippen molar-refractivity contribution in [2.45, 2.75) is 45.6 Å². The summed E-state index contributed by atoms with van der Waals surface area (Å²) >= 11 is 0. The van der Waals surface area contributed by atoms with Gasteiger partial charge in [0, 0.05) is 11.5 Å². The maximum Gasteiger partial charge on any atom is 0.224 e. The molecule has 2 nitrogen and oxygen atoms in total. The van der Waals surface area contributed by atoms with Gasteiger partial charge in [-0.25, -0.2) is 0 Å². The van der Waals surface area contributed by atoms with Crippen molar-refractivity contribution in [3.05, 3.63) is 70.8 Å². The molecule has 1 amide bonds. The van der Waals surface area contributed by atoms with E-state index in [1.165, 1.54) is 22.3 Å². The first-order valence-corrected chi connectivity index (χ1v) is 8.38. The lowest BCUT2D eigenvalue weighted by atomic mass is 9.84. The fourth-order valence-corrected chi connectivity index (χ4v) is 3.61. The highest BCUT2D eigenvalue weighted by atomic mass is 16.2. The number of hydrogen-bond acceptors (Lipinski definition) is 1. The van der Waals surface area contributed by atoms with Crippen LogP contribution in [0.2, 0.25) is 0 Å². The van der Waals surface area contributed by atoms with Crippen LogP contribution >= 0.6 is 0 Å². The lowest BCUT2D eigenvalue weighted by Gasteiger charge is -2.20. The van der Waals surface area contributed by atoms with E-state index >= 15 is 0 Å². The third-order valence-corrected chi connectivity index (χ3v) is 4.77. The quantitative estimate of drug-likeness (QED) is 0.904. The van der Waals surface area contributed by atoms with Crippen molar-refractivity contribution in [3.8, 4) is 0 Å². The molecule has 1 saturated carbocycles. The monoisotopic (exact) mass is 307 g/mol. The topological polar surface area (TPSA) is 29.1 Å². The minimum absolute atomic E-state index is 0.0218. The minimum Gasteiger partial charge on any atom is -0.354 e. The molecule has 23 heavy (non-hydrogen) atoms. The van der Waals surface area contributed by atoms with E-state index in [4.69, 9.17) is 0 Å². The molecule has 1 fully saturated rings. The first-order valence-electron chi connectivity index (χ1n) is 8.38. The fourth-order valence-electron chi connectivity index (χ4n) is 3.61. The van der Waals surface area contributed by atoms with E-state index in [0.717, 1.165) is 6.42 Å².